The zero-order valence-corrected chi connectivity index (χ0v) is 17.7. The van der Waals surface area contributed by atoms with E-state index in [0.29, 0.717) is 11.6 Å². The number of fused-ring (bicyclic) bond motifs is 4. The summed E-state index contributed by atoms with van der Waals surface area (Å²) in [6.45, 7) is 6.65. The standard InChI is InChI=1S/C24H23N5O2/c1-23(2,3)10-9-16-11-18-21(29-28-16)31-20-13-26-19(15-7-5-4-6-8-15)12-17(20)24(18)14-30-22(25)27-24/h4-13H,14H2,1-3H3,(H2,25,27). The number of hydrogen-bond acceptors (Lipinski definition) is 7. The summed E-state index contributed by atoms with van der Waals surface area (Å²) in [6, 6.07) is 14.0. The second kappa shape index (κ2) is 6.91. The number of amidine groups is 1. The zero-order valence-electron chi connectivity index (χ0n) is 17.7. The number of hydrogen-bond donors (Lipinski definition) is 1. The van der Waals surface area contributed by atoms with E-state index >= 15 is 0 Å². The topological polar surface area (TPSA) is 95.5 Å². The first-order valence-corrected chi connectivity index (χ1v) is 10.1. The fraction of sp³-hybridized carbons (Fsp3) is 0.250. The fourth-order valence-electron chi connectivity index (χ4n) is 3.75. The lowest BCUT2D eigenvalue weighted by molar-refractivity contribution is 0.261. The van der Waals surface area contributed by atoms with Crippen LogP contribution < -0.4 is 10.5 Å². The van der Waals surface area contributed by atoms with Crippen LogP contribution in [0.15, 0.2) is 59.7 Å². The summed E-state index contributed by atoms with van der Waals surface area (Å²) in [5.74, 6) is 0.957. The highest BCUT2D eigenvalue weighted by Crippen LogP contribution is 2.50. The van der Waals surface area contributed by atoms with E-state index in [1.54, 1.807) is 6.20 Å². The highest BCUT2D eigenvalue weighted by molar-refractivity contribution is 5.77. The Morgan fingerprint density at radius 2 is 1.87 bits per heavy atom. The molecule has 2 aliphatic rings. The van der Waals surface area contributed by atoms with E-state index in [4.69, 9.17) is 20.2 Å². The Kier molecular flexibility index (Phi) is 4.28. The molecule has 5 rings (SSSR count). The number of aliphatic imine (C=N–C) groups is 1. The minimum atomic E-state index is -0.861. The summed E-state index contributed by atoms with van der Waals surface area (Å²) in [7, 11) is 0. The van der Waals surface area contributed by atoms with Crippen LogP contribution in [0.2, 0.25) is 0 Å². The van der Waals surface area contributed by atoms with Gasteiger partial charge in [0.05, 0.1) is 23.1 Å². The highest BCUT2D eigenvalue weighted by atomic mass is 16.5. The third kappa shape index (κ3) is 3.42. The van der Waals surface area contributed by atoms with E-state index in [-0.39, 0.29) is 18.0 Å². The fourth-order valence-corrected chi connectivity index (χ4v) is 3.75. The third-order valence-corrected chi connectivity index (χ3v) is 5.30. The molecule has 7 nitrogen and oxygen atoms in total. The number of ether oxygens (including phenoxy) is 2. The van der Waals surface area contributed by atoms with Gasteiger partial charge in [-0.1, -0.05) is 57.2 Å². The quantitative estimate of drug-likeness (QED) is 0.673. The Labute approximate surface area is 180 Å². The molecular weight excluding hydrogens is 390 g/mol. The van der Waals surface area contributed by atoms with Crippen LogP contribution >= 0.6 is 0 Å². The van der Waals surface area contributed by atoms with Gasteiger partial charge in [-0.15, -0.1) is 10.2 Å². The molecule has 0 saturated heterocycles. The molecule has 0 amide bonds. The first-order chi connectivity index (χ1) is 14.8. The second-order valence-corrected chi connectivity index (χ2v) is 8.82. The Morgan fingerprint density at radius 3 is 2.58 bits per heavy atom. The molecule has 1 aromatic carbocycles. The van der Waals surface area contributed by atoms with Crippen molar-refractivity contribution >= 4 is 12.1 Å². The molecule has 2 N–H and O–H groups in total. The Balaban J connectivity index is 1.67. The molecule has 2 aromatic heterocycles. The van der Waals surface area contributed by atoms with Crippen molar-refractivity contribution in [3.8, 4) is 22.9 Å². The van der Waals surface area contributed by atoms with E-state index in [9.17, 15) is 0 Å². The van der Waals surface area contributed by atoms with E-state index in [2.05, 4.69) is 42.0 Å². The maximum absolute atomic E-state index is 6.06. The van der Waals surface area contributed by atoms with Crippen molar-refractivity contribution in [2.24, 2.45) is 16.1 Å². The van der Waals surface area contributed by atoms with Gasteiger partial charge in [-0.25, -0.2) is 4.99 Å². The lowest BCUT2D eigenvalue weighted by atomic mass is 9.82. The second-order valence-electron chi connectivity index (χ2n) is 8.82. The summed E-state index contributed by atoms with van der Waals surface area (Å²) in [6.07, 6.45) is 5.75. The van der Waals surface area contributed by atoms with Gasteiger partial charge in [0.25, 0.3) is 6.02 Å². The van der Waals surface area contributed by atoms with Crippen LogP contribution in [0, 0.1) is 5.41 Å². The molecule has 0 aliphatic carbocycles. The Bertz CT molecular complexity index is 1210. The molecule has 0 fully saturated rings. The van der Waals surface area contributed by atoms with Gasteiger partial charge in [-0.2, -0.15) is 0 Å². The molecule has 7 heteroatoms. The Hall–Kier alpha value is -3.74. The van der Waals surface area contributed by atoms with Gasteiger partial charge in [0, 0.05) is 11.1 Å². The normalized spacial score (nSPS) is 19.5. The number of nitrogens with two attached hydrogens (primary N) is 1. The van der Waals surface area contributed by atoms with Gasteiger partial charge in [0.1, 0.15) is 6.61 Å². The van der Waals surface area contributed by atoms with Gasteiger partial charge in [0.2, 0.25) is 5.88 Å². The number of aromatic nitrogens is 3. The van der Waals surface area contributed by atoms with Crippen LogP contribution in [0.3, 0.4) is 0 Å². The molecule has 3 aromatic rings. The SMILES string of the molecule is CC(C)(C)C=Cc1cc2c(nn1)Oc1cnc(-c3ccccc3)cc1C21COC(N)=N1. The van der Waals surface area contributed by atoms with Gasteiger partial charge >= 0.3 is 0 Å². The number of rotatable bonds is 2. The van der Waals surface area contributed by atoms with Gasteiger partial charge in [-0.05, 0) is 23.6 Å². The predicted octanol–water partition coefficient (Wildman–Crippen LogP) is 4.29. The maximum atomic E-state index is 6.06. The van der Waals surface area contributed by atoms with Crippen molar-refractivity contribution in [1.29, 1.82) is 0 Å². The van der Waals surface area contributed by atoms with Crippen LogP contribution in [0.5, 0.6) is 11.6 Å². The molecule has 156 valence electrons. The molecule has 1 spiro atoms. The zero-order chi connectivity index (χ0) is 21.6. The molecule has 0 radical (unpaired) electrons. The lowest BCUT2D eigenvalue weighted by Gasteiger charge is -2.32. The minimum absolute atomic E-state index is 0.0215. The molecular formula is C24H23N5O2. The van der Waals surface area contributed by atoms with Crippen molar-refractivity contribution in [2.45, 2.75) is 26.3 Å². The van der Waals surface area contributed by atoms with Crippen molar-refractivity contribution in [1.82, 2.24) is 15.2 Å². The van der Waals surface area contributed by atoms with Crippen LogP contribution in [-0.4, -0.2) is 27.8 Å². The van der Waals surface area contributed by atoms with E-state index < -0.39 is 5.54 Å². The summed E-state index contributed by atoms with van der Waals surface area (Å²) >= 11 is 0. The summed E-state index contributed by atoms with van der Waals surface area (Å²) in [5.41, 5.74) is 9.30. The summed E-state index contributed by atoms with van der Waals surface area (Å²) in [4.78, 5) is 9.30. The maximum Gasteiger partial charge on any atom is 0.283 e. The highest BCUT2D eigenvalue weighted by Gasteiger charge is 2.48. The molecule has 1 unspecified atom stereocenters. The summed E-state index contributed by atoms with van der Waals surface area (Å²) < 4.78 is 11.7. The van der Waals surface area contributed by atoms with Crippen molar-refractivity contribution in [3.63, 3.8) is 0 Å². The van der Waals surface area contributed by atoms with Crippen LogP contribution in [0.4, 0.5) is 0 Å². The molecule has 4 heterocycles. The van der Waals surface area contributed by atoms with Gasteiger partial charge in [0.15, 0.2) is 11.3 Å². The van der Waals surface area contributed by atoms with Gasteiger partial charge < -0.3 is 15.2 Å². The monoisotopic (exact) mass is 413 g/mol. The van der Waals surface area contributed by atoms with Crippen LogP contribution in [-0.2, 0) is 10.3 Å². The van der Waals surface area contributed by atoms with Crippen LogP contribution in [0.1, 0.15) is 37.6 Å². The number of benzene rings is 1. The summed E-state index contributed by atoms with van der Waals surface area (Å²) in [5, 5.41) is 8.63. The van der Waals surface area contributed by atoms with Gasteiger partial charge in [-0.3, -0.25) is 4.98 Å². The molecule has 1 atom stereocenters. The predicted molar refractivity (Wildman–Crippen MR) is 119 cm³/mol. The first kappa shape index (κ1) is 19.2. The molecule has 0 bridgehead atoms. The first-order valence-electron chi connectivity index (χ1n) is 10.1. The van der Waals surface area contributed by atoms with E-state index in [1.165, 1.54) is 0 Å². The molecule has 31 heavy (non-hydrogen) atoms. The number of pyridine rings is 1. The smallest absolute Gasteiger partial charge is 0.283 e. The average molecular weight is 413 g/mol. The lowest BCUT2D eigenvalue weighted by Crippen LogP contribution is -2.32. The van der Waals surface area contributed by atoms with E-state index in [1.807, 2.05) is 48.5 Å². The van der Waals surface area contributed by atoms with Crippen molar-refractivity contribution in [2.75, 3.05) is 6.61 Å². The van der Waals surface area contributed by atoms with E-state index in [0.717, 1.165) is 28.1 Å². The number of nitrogens with zero attached hydrogens (tertiary/aromatic N) is 4. The molecule has 2 aliphatic heterocycles. The largest absolute Gasteiger partial charge is 0.462 e. The number of allylic oxidation sites excluding steroid dienone is 1. The van der Waals surface area contributed by atoms with Crippen molar-refractivity contribution < 1.29 is 9.47 Å². The average Bonchev–Trinajstić information content (AvgIpc) is 3.15. The Morgan fingerprint density at radius 1 is 1.06 bits per heavy atom. The van der Waals surface area contributed by atoms with Crippen molar-refractivity contribution in [3.05, 3.63) is 71.6 Å². The molecule has 0 saturated carbocycles. The minimum Gasteiger partial charge on any atom is -0.462 e. The third-order valence-electron chi connectivity index (χ3n) is 5.30. The van der Waals surface area contributed by atoms with Crippen LogP contribution in [0.25, 0.3) is 17.3 Å².